The van der Waals surface area contributed by atoms with Crippen LogP contribution in [-0.4, -0.2) is 13.1 Å². The van der Waals surface area contributed by atoms with Crippen LogP contribution in [-0.2, 0) is 4.74 Å². The summed E-state index contributed by atoms with van der Waals surface area (Å²) in [6, 6.07) is 5.33. The second-order valence-electron chi connectivity index (χ2n) is 3.61. The van der Waals surface area contributed by atoms with E-state index in [-0.39, 0.29) is 18.4 Å². The fourth-order valence-electron chi connectivity index (χ4n) is 1.57. The number of benzene rings is 1. The van der Waals surface area contributed by atoms with Crippen LogP contribution in [0.1, 0.15) is 34.7 Å². The quantitative estimate of drug-likeness (QED) is 0.623. The topological polar surface area (TPSA) is 52.3 Å². The molecular weight excluding hydrogens is 214 g/mol. The second kappa shape index (κ2) is 4.53. The van der Waals surface area contributed by atoms with Crippen molar-refractivity contribution >= 4 is 24.1 Å². The molecule has 0 atom stereocenters. The largest absolute Gasteiger partial charge is 0.465 e. The average Bonchev–Trinajstić information content (AvgIpc) is 3.01. The molecule has 0 spiro atoms. The molecular formula is C11H14ClNO2. The minimum atomic E-state index is -0.299. The number of esters is 1. The van der Waals surface area contributed by atoms with Crippen molar-refractivity contribution in [2.24, 2.45) is 0 Å². The molecule has 1 saturated carbocycles. The van der Waals surface area contributed by atoms with Crippen molar-refractivity contribution in [2.45, 2.75) is 18.8 Å². The first-order chi connectivity index (χ1) is 6.72. The number of hydrogen-bond donors (Lipinski definition) is 1. The predicted octanol–water partition coefficient (Wildman–Crippen LogP) is 2.35. The van der Waals surface area contributed by atoms with Crippen LogP contribution in [0.4, 0.5) is 5.69 Å². The number of methoxy groups -OCH3 is 1. The molecule has 2 rings (SSSR count). The SMILES string of the molecule is COC(=O)c1ccc(N)c(C2CC2)c1.Cl. The van der Waals surface area contributed by atoms with Crippen LogP contribution in [0.25, 0.3) is 0 Å². The molecule has 1 fully saturated rings. The normalized spacial score (nSPS) is 14.2. The van der Waals surface area contributed by atoms with Crippen LogP contribution >= 0.6 is 12.4 Å². The highest BCUT2D eigenvalue weighted by Gasteiger charge is 2.26. The predicted molar refractivity (Wildman–Crippen MR) is 61.4 cm³/mol. The number of ether oxygens (including phenoxy) is 1. The van der Waals surface area contributed by atoms with Gasteiger partial charge in [0.15, 0.2) is 0 Å². The maximum Gasteiger partial charge on any atom is 0.337 e. The van der Waals surface area contributed by atoms with E-state index in [0.29, 0.717) is 11.5 Å². The van der Waals surface area contributed by atoms with Gasteiger partial charge in [-0.05, 0) is 42.5 Å². The first kappa shape index (κ1) is 11.9. The number of nitrogen functional groups attached to an aromatic ring is 1. The standard InChI is InChI=1S/C11H13NO2.ClH/c1-14-11(13)8-4-5-10(12)9(6-8)7-2-3-7;/h4-7H,2-3,12H2,1H3;1H. The van der Waals surface area contributed by atoms with E-state index in [1.807, 2.05) is 6.07 Å². The van der Waals surface area contributed by atoms with Gasteiger partial charge in [0.2, 0.25) is 0 Å². The van der Waals surface area contributed by atoms with E-state index in [1.54, 1.807) is 12.1 Å². The number of carbonyl (C=O) groups excluding carboxylic acids is 1. The summed E-state index contributed by atoms with van der Waals surface area (Å²) in [5, 5.41) is 0. The molecule has 0 unspecified atom stereocenters. The van der Waals surface area contributed by atoms with Crippen LogP contribution in [0.5, 0.6) is 0 Å². The first-order valence-corrected chi connectivity index (χ1v) is 4.70. The number of anilines is 1. The molecule has 0 radical (unpaired) electrons. The third-order valence-electron chi connectivity index (χ3n) is 2.53. The molecule has 1 aromatic rings. The summed E-state index contributed by atoms with van der Waals surface area (Å²) in [6.07, 6.45) is 2.35. The summed E-state index contributed by atoms with van der Waals surface area (Å²) >= 11 is 0. The lowest BCUT2D eigenvalue weighted by atomic mass is 10.0. The lowest BCUT2D eigenvalue weighted by molar-refractivity contribution is 0.0600. The lowest BCUT2D eigenvalue weighted by Crippen LogP contribution is -2.03. The second-order valence-corrected chi connectivity index (χ2v) is 3.61. The molecule has 1 aromatic carbocycles. The van der Waals surface area contributed by atoms with Gasteiger partial charge in [0.1, 0.15) is 0 Å². The molecule has 2 N–H and O–H groups in total. The van der Waals surface area contributed by atoms with Gasteiger partial charge >= 0.3 is 5.97 Å². The highest BCUT2D eigenvalue weighted by atomic mass is 35.5. The number of hydrogen-bond acceptors (Lipinski definition) is 3. The molecule has 4 heteroatoms. The minimum Gasteiger partial charge on any atom is -0.465 e. The van der Waals surface area contributed by atoms with Crippen molar-refractivity contribution in [2.75, 3.05) is 12.8 Å². The molecule has 15 heavy (non-hydrogen) atoms. The third-order valence-corrected chi connectivity index (χ3v) is 2.53. The Hall–Kier alpha value is -1.22. The van der Waals surface area contributed by atoms with E-state index in [4.69, 9.17) is 5.73 Å². The summed E-state index contributed by atoms with van der Waals surface area (Å²) in [5.41, 5.74) is 8.28. The van der Waals surface area contributed by atoms with Crippen LogP contribution in [0.2, 0.25) is 0 Å². The Bertz CT molecular complexity index is 375. The van der Waals surface area contributed by atoms with Crippen molar-refractivity contribution in [1.29, 1.82) is 0 Å². The molecule has 0 aromatic heterocycles. The van der Waals surface area contributed by atoms with E-state index in [2.05, 4.69) is 4.74 Å². The smallest absolute Gasteiger partial charge is 0.337 e. The minimum absolute atomic E-state index is 0. The Balaban J connectivity index is 0.00000112. The number of carbonyl (C=O) groups is 1. The maximum absolute atomic E-state index is 11.3. The monoisotopic (exact) mass is 227 g/mol. The Morgan fingerprint density at radius 1 is 1.47 bits per heavy atom. The third kappa shape index (κ3) is 2.42. The summed E-state index contributed by atoms with van der Waals surface area (Å²) < 4.78 is 4.65. The summed E-state index contributed by atoms with van der Waals surface area (Å²) in [6.45, 7) is 0. The van der Waals surface area contributed by atoms with E-state index in [0.717, 1.165) is 11.3 Å². The van der Waals surface area contributed by atoms with Gasteiger partial charge in [-0.3, -0.25) is 0 Å². The van der Waals surface area contributed by atoms with Crippen molar-refractivity contribution < 1.29 is 9.53 Å². The molecule has 0 saturated heterocycles. The fraction of sp³-hybridized carbons (Fsp3) is 0.364. The number of nitrogens with two attached hydrogens (primary N) is 1. The zero-order valence-corrected chi connectivity index (χ0v) is 9.34. The molecule has 82 valence electrons. The van der Waals surface area contributed by atoms with Gasteiger partial charge in [-0.2, -0.15) is 0 Å². The molecule has 0 amide bonds. The average molecular weight is 228 g/mol. The summed E-state index contributed by atoms with van der Waals surface area (Å²) in [4.78, 5) is 11.3. The Morgan fingerprint density at radius 2 is 2.13 bits per heavy atom. The van der Waals surface area contributed by atoms with Gasteiger partial charge in [-0.15, -0.1) is 12.4 Å². The van der Waals surface area contributed by atoms with Crippen molar-refractivity contribution in [3.63, 3.8) is 0 Å². The van der Waals surface area contributed by atoms with E-state index in [9.17, 15) is 4.79 Å². The van der Waals surface area contributed by atoms with Gasteiger partial charge in [0.25, 0.3) is 0 Å². The van der Waals surface area contributed by atoms with Crippen LogP contribution in [0.3, 0.4) is 0 Å². The van der Waals surface area contributed by atoms with Gasteiger partial charge in [-0.1, -0.05) is 0 Å². The number of halogens is 1. The highest BCUT2D eigenvalue weighted by Crippen LogP contribution is 2.42. The zero-order chi connectivity index (χ0) is 10.1. The Labute approximate surface area is 95.0 Å². The maximum atomic E-state index is 11.3. The van der Waals surface area contributed by atoms with Gasteiger partial charge in [0.05, 0.1) is 12.7 Å². The van der Waals surface area contributed by atoms with Crippen LogP contribution < -0.4 is 5.73 Å². The molecule has 1 aliphatic carbocycles. The lowest BCUT2D eigenvalue weighted by Gasteiger charge is -2.06. The van der Waals surface area contributed by atoms with Crippen LogP contribution in [0, 0.1) is 0 Å². The van der Waals surface area contributed by atoms with Gasteiger partial charge in [0, 0.05) is 5.69 Å². The highest BCUT2D eigenvalue weighted by molar-refractivity contribution is 5.90. The zero-order valence-electron chi connectivity index (χ0n) is 8.53. The van der Waals surface area contributed by atoms with E-state index < -0.39 is 0 Å². The molecule has 0 bridgehead atoms. The van der Waals surface area contributed by atoms with Gasteiger partial charge < -0.3 is 10.5 Å². The van der Waals surface area contributed by atoms with E-state index in [1.165, 1.54) is 20.0 Å². The van der Waals surface area contributed by atoms with Crippen molar-refractivity contribution in [3.8, 4) is 0 Å². The summed E-state index contributed by atoms with van der Waals surface area (Å²) in [5.74, 6) is 0.256. The Morgan fingerprint density at radius 3 is 2.67 bits per heavy atom. The molecule has 0 aliphatic heterocycles. The van der Waals surface area contributed by atoms with Gasteiger partial charge in [-0.25, -0.2) is 4.79 Å². The Kier molecular flexibility index (Phi) is 3.58. The summed E-state index contributed by atoms with van der Waals surface area (Å²) in [7, 11) is 1.38. The van der Waals surface area contributed by atoms with Crippen LogP contribution in [0.15, 0.2) is 18.2 Å². The molecule has 1 aliphatic rings. The van der Waals surface area contributed by atoms with Crippen molar-refractivity contribution in [3.05, 3.63) is 29.3 Å². The first-order valence-electron chi connectivity index (χ1n) is 4.70. The molecule has 3 nitrogen and oxygen atoms in total. The van der Waals surface area contributed by atoms with E-state index >= 15 is 0 Å². The van der Waals surface area contributed by atoms with Crippen molar-refractivity contribution in [1.82, 2.24) is 0 Å². The fourth-order valence-corrected chi connectivity index (χ4v) is 1.57. The number of rotatable bonds is 2. The molecule has 0 heterocycles.